The van der Waals surface area contributed by atoms with Gasteiger partial charge < -0.3 is 0 Å². The minimum absolute atomic E-state index is 0.0662. The number of allylic oxidation sites excluding steroid dienone is 2. The predicted molar refractivity (Wildman–Crippen MR) is 141 cm³/mol. The minimum Gasteiger partial charge on any atom is -0.206 e. The van der Waals surface area contributed by atoms with Crippen molar-refractivity contribution in [3.63, 3.8) is 0 Å². The molecule has 0 saturated heterocycles. The fraction of sp³-hybridized carbons (Fsp3) is 0.355. The molecule has 4 heteroatoms. The highest BCUT2D eigenvalue weighted by molar-refractivity contribution is 6.31. The number of benzene rings is 3. The molecule has 0 saturated carbocycles. The van der Waals surface area contributed by atoms with Gasteiger partial charge >= 0.3 is 0 Å². The van der Waals surface area contributed by atoms with Crippen molar-refractivity contribution in [2.75, 3.05) is 0 Å². The lowest BCUT2D eigenvalue weighted by molar-refractivity contribution is 0.427. The third kappa shape index (κ3) is 5.67. The zero-order valence-electron chi connectivity index (χ0n) is 20.4. The maximum Gasteiger partial charge on any atom is 0.149 e. The van der Waals surface area contributed by atoms with Gasteiger partial charge in [-0.15, -0.1) is 0 Å². The van der Waals surface area contributed by atoms with Crippen molar-refractivity contribution in [1.29, 1.82) is 0 Å². The second-order valence-electron chi connectivity index (χ2n) is 9.51. The van der Waals surface area contributed by atoms with Crippen LogP contribution >= 0.6 is 11.6 Å². The molecular weight excluding hydrogens is 465 g/mol. The Balaban J connectivity index is 1.54. The molecule has 0 aromatic heterocycles. The van der Waals surface area contributed by atoms with Crippen LogP contribution in [0, 0.1) is 23.4 Å². The molecule has 184 valence electrons. The van der Waals surface area contributed by atoms with E-state index in [1.54, 1.807) is 36.4 Å². The highest BCUT2D eigenvalue weighted by Gasteiger charge is 2.19. The number of aryl methyl sites for hydroxylation is 1. The molecule has 1 atom stereocenters. The van der Waals surface area contributed by atoms with Crippen LogP contribution in [0.3, 0.4) is 0 Å². The second kappa shape index (κ2) is 11.5. The zero-order valence-corrected chi connectivity index (χ0v) is 21.2. The van der Waals surface area contributed by atoms with Crippen molar-refractivity contribution < 1.29 is 13.2 Å². The van der Waals surface area contributed by atoms with E-state index in [9.17, 15) is 4.39 Å². The van der Waals surface area contributed by atoms with E-state index in [0.29, 0.717) is 34.6 Å². The van der Waals surface area contributed by atoms with Crippen molar-refractivity contribution in [2.24, 2.45) is 5.92 Å². The van der Waals surface area contributed by atoms with Gasteiger partial charge in [-0.1, -0.05) is 93.6 Å². The van der Waals surface area contributed by atoms with Crippen LogP contribution in [0.25, 0.3) is 27.8 Å². The van der Waals surface area contributed by atoms with Crippen LogP contribution < -0.4 is 0 Å². The van der Waals surface area contributed by atoms with E-state index in [1.165, 1.54) is 37.8 Å². The zero-order chi connectivity index (χ0) is 24.9. The quantitative estimate of drug-likeness (QED) is 0.272. The molecule has 0 fully saturated rings. The summed E-state index contributed by atoms with van der Waals surface area (Å²) in [5, 5.41) is 0.0662. The standard InChI is InChI=1S/C31H32ClF3/c1-3-5-6-7-20-8-10-22(11-9-20)25-15-13-23(18-28(25)33)26-16-14-24(19-29(26)34)27-17-12-21(4-2)30(32)31(27)35/h10,12-20H,3-9,11H2,1-2H3. The fourth-order valence-electron chi connectivity index (χ4n) is 5.02. The Bertz CT molecular complexity index is 1230. The van der Waals surface area contributed by atoms with Crippen molar-refractivity contribution in [3.05, 3.63) is 88.2 Å². The highest BCUT2D eigenvalue weighted by Crippen LogP contribution is 2.37. The SMILES string of the molecule is CCCCCC1CC=C(c2ccc(-c3ccc(-c4ccc(CC)c(Cl)c4F)cc3F)cc2F)CC1. The lowest BCUT2D eigenvalue weighted by Gasteiger charge is -2.22. The first-order chi connectivity index (χ1) is 16.9. The first-order valence-corrected chi connectivity index (χ1v) is 13.1. The Morgan fingerprint density at radius 1 is 0.829 bits per heavy atom. The van der Waals surface area contributed by atoms with Gasteiger partial charge in [-0.25, -0.2) is 13.2 Å². The normalized spacial score (nSPS) is 15.8. The summed E-state index contributed by atoms with van der Waals surface area (Å²) in [6.07, 6.45) is 10.8. The first kappa shape index (κ1) is 25.6. The number of hydrogen-bond donors (Lipinski definition) is 0. The summed E-state index contributed by atoms with van der Waals surface area (Å²) in [5.41, 5.74) is 3.74. The monoisotopic (exact) mass is 496 g/mol. The van der Waals surface area contributed by atoms with Crippen molar-refractivity contribution in [2.45, 2.75) is 65.2 Å². The van der Waals surface area contributed by atoms with Gasteiger partial charge in [0.05, 0.1) is 5.02 Å². The molecule has 1 unspecified atom stereocenters. The molecule has 1 aliphatic rings. The lowest BCUT2D eigenvalue weighted by Crippen LogP contribution is -2.06. The Morgan fingerprint density at radius 2 is 1.49 bits per heavy atom. The Hall–Kier alpha value is -2.52. The van der Waals surface area contributed by atoms with E-state index >= 15 is 8.78 Å². The van der Waals surface area contributed by atoms with Gasteiger partial charge in [0.2, 0.25) is 0 Å². The van der Waals surface area contributed by atoms with Crippen LogP contribution in [0.2, 0.25) is 5.02 Å². The third-order valence-corrected chi connectivity index (χ3v) is 7.59. The van der Waals surface area contributed by atoms with Crippen molar-refractivity contribution in [3.8, 4) is 22.3 Å². The largest absolute Gasteiger partial charge is 0.206 e. The average molecular weight is 497 g/mol. The highest BCUT2D eigenvalue weighted by atomic mass is 35.5. The van der Waals surface area contributed by atoms with E-state index in [0.717, 1.165) is 24.8 Å². The van der Waals surface area contributed by atoms with Crippen LogP contribution in [-0.4, -0.2) is 0 Å². The number of hydrogen-bond acceptors (Lipinski definition) is 0. The van der Waals surface area contributed by atoms with Crippen LogP contribution in [0.15, 0.2) is 54.6 Å². The van der Waals surface area contributed by atoms with Crippen LogP contribution in [0.4, 0.5) is 13.2 Å². The van der Waals surface area contributed by atoms with Gasteiger partial charge in [0.15, 0.2) is 0 Å². The number of halogens is 4. The maximum atomic E-state index is 15.1. The molecule has 0 nitrogen and oxygen atoms in total. The summed E-state index contributed by atoms with van der Waals surface area (Å²) < 4.78 is 44.9. The topological polar surface area (TPSA) is 0 Å². The molecule has 0 aliphatic heterocycles. The van der Waals surface area contributed by atoms with Crippen molar-refractivity contribution >= 4 is 17.2 Å². The van der Waals surface area contributed by atoms with Gasteiger partial charge in [0.25, 0.3) is 0 Å². The Morgan fingerprint density at radius 3 is 2.09 bits per heavy atom. The Kier molecular flexibility index (Phi) is 8.38. The summed E-state index contributed by atoms with van der Waals surface area (Å²) in [5.74, 6) is -0.730. The molecule has 35 heavy (non-hydrogen) atoms. The number of unbranched alkanes of at least 4 members (excludes halogenated alkanes) is 2. The van der Waals surface area contributed by atoms with E-state index < -0.39 is 11.6 Å². The fourth-order valence-corrected chi connectivity index (χ4v) is 5.32. The van der Waals surface area contributed by atoms with E-state index in [-0.39, 0.29) is 22.0 Å². The van der Waals surface area contributed by atoms with Gasteiger partial charge in [0.1, 0.15) is 17.5 Å². The van der Waals surface area contributed by atoms with Crippen molar-refractivity contribution in [1.82, 2.24) is 0 Å². The lowest BCUT2D eigenvalue weighted by atomic mass is 9.83. The van der Waals surface area contributed by atoms with Gasteiger partial charge in [-0.2, -0.15) is 0 Å². The summed E-state index contributed by atoms with van der Waals surface area (Å²) in [6, 6.07) is 12.8. The first-order valence-electron chi connectivity index (χ1n) is 12.7. The molecule has 0 N–H and O–H groups in total. The summed E-state index contributed by atoms with van der Waals surface area (Å²) in [4.78, 5) is 0. The van der Waals surface area contributed by atoms with E-state index in [4.69, 9.17) is 11.6 Å². The molecule has 3 aromatic rings. The second-order valence-corrected chi connectivity index (χ2v) is 9.89. The van der Waals surface area contributed by atoms with E-state index in [1.807, 2.05) is 6.92 Å². The molecule has 4 rings (SSSR count). The van der Waals surface area contributed by atoms with Crippen LogP contribution in [0.1, 0.15) is 69.9 Å². The van der Waals surface area contributed by atoms with Crippen LogP contribution in [-0.2, 0) is 6.42 Å². The predicted octanol–water partition coefficient (Wildman–Crippen LogP) is 10.4. The van der Waals surface area contributed by atoms with Gasteiger partial charge in [-0.3, -0.25) is 0 Å². The molecule has 3 aromatic carbocycles. The van der Waals surface area contributed by atoms with Gasteiger partial charge in [-0.05, 0) is 66.0 Å². The molecule has 0 heterocycles. The van der Waals surface area contributed by atoms with Crippen LogP contribution in [0.5, 0.6) is 0 Å². The molecule has 0 spiro atoms. The summed E-state index contributed by atoms with van der Waals surface area (Å²) in [6.45, 7) is 4.11. The average Bonchev–Trinajstić information content (AvgIpc) is 2.86. The molecule has 0 bridgehead atoms. The van der Waals surface area contributed by atoms with E-state index in [2.05, 4.69) is 13.0 Å². The minimum atomic E-state index is -0.554. The molecular formula is C31H32ClF3. The summed E-state index contributed by atoms with van der Waals surface area (Å²) >= 11 is 6.13. The third-order valence-electron chi connectivity index (χ3n) is 7.18. The summed E-state index contributed by atoms with van der Waals surface area (Å²) in [7, 11) is 0. The van der Waals surface area contributed by atoms with Gasteiger partial charge in [0, 0.05) is 16.7 Å². The Labute approximate surface area is 211 Å². The smallest absolute Gasteiger partial charge is 0.149 e. The maximum absolute atomic E-state index is 15.1. The molecule has 1 aliphatic carbocycles. The molecule has 0 radical (unpaired) electrons. The number of rotatable bonds is 8. The molecule has 0 amide bonds.